The van der Waals surface area contributed by atoms with E-state index in [0.717, 1.165) is 17.7 Å². The van der Waals surface area contributed by atoms with Crippen molar-refractivity contribution < 1.29 is 22.8 Å². The summed E-state index contributed by atoms with van der Waals surface area (Å²) >= 11 is 12.2. The van der Waals surface area contributed by atoms with E-state index >= 15 is 0 Å². The summed E-state index contributed by atoms with van der Waals surface area (Å²) in [6, 6.07) is 3.47. The SMILES string of the molecule is C[C@]1(c2ccc(Cl)cc2Cl)NC(=O)N(CC(=O)N(C2CC2)[C@@H]2CCS(=O)(=O)C2)C1=O. The molecule has 1 saturated carbocycles. The molecule has 4 rings (SSSR count). The van der Waals surface area contributed by atoms with Crippen LogP contribution in [0.5, 0.6) is 0 Å². The first kappa shape index (κ1) is 21.4. The van der Waals surface area contributed by atoms with Crippen LogP contribution >= 0.6 is 23.2 Å². The summed E-state index contributed by atoms with van der Waals surface area (Å²) in [5, 5.41) is 3.24. The average molecular weight is 474 g/mol. The number of urea groups is 1. The third-order valence-corrected chi connectivity index (χ3v) is 8.17. The number of sulfone groups is 1. The van der Waals surface area contributed by atoms with Gasteiger partial charge in [0.2, 0.25) is 5.91 Å². The fraction of sp³-hybridized carbons (Fsp3) is 0.526. The number of nitrogens with one attached hydrogen (secondary N) is 1. The van der Waals surface area contributed by atoms with Crippen molar-refractivity contribution in [3.05, 3.63) is 33.8 Å². The number of carbonyl (C=O) groups excluding carboxylic acids is 3. The molecule has 0 spiro atoms. The van der Waals surface area contributed by atoms with Gasteiger partial charge in [-0.25, -0.2) is 13.2 Å². The van der Waals surface area contributed by atoms with Crippen molar-refractivity contribution in [3.63, 3.8) is 0 Å². The van der Waals surface area contributed by atoms with E-state index in [0.29, 0.717) is 17.0 Å². The normalized spacial score (nSPS) is 28.0. The van der Waals surface area contributed by atoms with E-state index in [1.165, 1.54) is 13.0 Å². The second kappa shape index (κ2) is 7.39. The van der Waals surface area contributed by atoms with Crippen molar-refractivity contribution in [2.24, 2.45) is 0 Å². The van der Waals surface area contributed by atoms with Crippen LogP contribution in [0, 0.1) is 0 Å². The van der Waals surface area contributed by atoms with E-state index in [-0.39, 0.29) is 22.6 Å². The molecule has 1 aromatic carbocycles. The van der Waals surface area contributed by atoms with Crippen molar-refractivity contribution in [2.75, 3.05) is 18.1 Å². The smallest absolute Gasteiger partial charge is 0.325 e. The van der Waals surface area contributed by atoms with Gasteiger partial charge in [0.15, 0.2) is 9.84 Å². The maximum Gasteiger partial charge on any atom is 0.325 e. The molecule has 162 valence electrons. The molecule has 1 aliphatic carbocycles. The van der Waals surface area contributed by atoms with Gasteiger partial charge in [0.25, 0.3) is 5.91 Å². The molecule has 3 aliphatic rings. The Morgan fingerprint density at radius 3 is 2.50 bits per heavy atom. The van der Waals surface area contributed by atoms with Crippen LogP contribution < -0.4 is 5.32 Å². The number of benzene rings is 1. The molecule has 2 saturated heterocycles. The second-order valence-electron chi connectivity index (χ2n) is 8.16. The minimum Gasteiger partial charge on any atom is -0.334 e. The van der Waals surface area contributed by atoms with Crippen molar-refractivity contribution >= 4 is 50.9 Å². The van der Waals surface area contributed by atoms with Gasteiger partial charge in [-0.1, -0.05) is 29.3 Å². The Kier molecular flexibility index (Phi) is 5.27. The van der Waals surface area contributed by atoms with E-state index < -0.39 is 45.8 Å². The van der Waals surface area contributed by atoms with Gasteiger partial charge < -0.3 is 10.2 Å². The fourth-order valence-electron chi connectivity index (χ4n) is 4.19. The molecule has 2 heterocycles. The van der Waals surface area contributed by atoms with Gasteiger partial charge >= 0.3 is 6.03 Å². The second-order valence-corrected chi connectivity index (χ2v) is 11.2. The van der Waals surface area contributed by atoms with Gasteiger partial charge in [0.1, 0.15) is 12.1 Å². The van der Waals surface area contributed by atoms with Crippen LogP contribution in [0.1, 0.15) is 31.7 Å². The molecular weight excluding hydrogens is 453 g/mol. The Labute approximate surface area is 184 Å². The maximum absolute atomic E-state index is 13.1. The lowest BCUT2D eigenvalue weighted by molar-refractivity contribution is -0.140. The molecule has 2 atom stereocenters. The molecule has 11 heteroatoms. The zero-order valence-corrected chi connectivity index (χ0v) is 18.6. The lowest BCUT2D eigenvalue weighted by Gasteiger charge is -2.30. The van der Waals surface area contributed by atoms with Gasteiger partial charge in [-0.05, 0) is 38.3 Å². The van der Waals surface area contributed by atoms with E-state index in [1.807, 2.05) is 0 Å². The molecule has 0 bridgehead atoms. The number of carbonyl (C=O) groups is 3. The maximum atomic E-state index is 13.1. The van der Waals surface area contributed by atoms with Crippen LogP contribution in [-0.4, -0.2) is 66.2 Å². The zero-order valence-electron chi connectivity index (χ0n) is 16.2. The summed E-state index contributed by atoms with van der Waals surface area (Å²) in [5.41, 5.74) is -1.05. The Morgan fingerprint density at radius 2 is 1.93 bits per heavy atom. The fourth-order valence-corrected chi connectivity index (χ4v) is 6.50. The number of imide groups is 1. The third kappa shape index (κ3) is 3.78. The molecular formula is C19H21Cl2N3O5S. The van der Waals surface area contributed by atoms with E-state index in [4.69, 9.17) is 23.2 Å². The van der Waals surface area contributed by atoms with Crippen LogP contribution in [0.3, 0.4) is 0 Å². The highest BCUT2D eigenvalue weighted by atomic mass is 35.5. The molecule has 0 aromatic heterocycles. The first-order valence-corrected chi connectivity index (χ1v) is 12.2. The summed E-state index contributed by atoms with van der Waals surface area (Å²) in [4.78, 5) is 41.2. The summed E-state index contributed by atoms with van der Waals surface area (Å²) < 4.78 is 23.7. The van der Waals surface area contributed by atoms with Crippen LogP contribution in [0.15, 0.2) is 18.2 Å². The third-order valence-electron chi connectivity index (χ3n) is 5.87. The van der Waals surface area contributed by atoms with Gasteiger partial charge in [0.05, 0.1) is 11.5 Å². The lowest BCUT2D eigenvalue weighted by atomic mass is 9.92. The highest BCUT2D eigenvalue weighted by molar-refractivity contribution is 7.91. The first-order valence-electron chi connectivity index (χ1n) is 9.63. The van der Waals surface area contributed by atoms with Crippen LogP contribution in [-0.2, 0) is 25.0 Å². The molecule has 0 radical (unpaired) electrons. The van der Waals surface area contributed by atoms with Crippen molar-refractivity contribution in [2.45, 2.75) is 43.8 Å². The van der Waals surface area contributed by atoms with E-state index in [1.54, 1.807) is 17.0 Å². The van der Waals surface area contributed by atoms with Crippen molar-refractivity contribution in [1.82, 2.24) is 15.1 Å². The number of rotatable bonds is 5. The van der Waals surface area contributed by atoms with Crippen LogP contribution in [0.2, 0.25) is 10.0 Å². The topological polar surface area (TPSA) is 104 Å². The molecule has 3 fully saturated rings. The minimum absolute atomic E-state index is 0.0336. The quantitative estimate of drug-likeness (QED) is 0.657. The van der Waals surface area contributed by atoms with Gasteiger partial charge in [-0.2, -0.15) is 0 Å². The van der Waals surface area contributed by atoms with Crippen molar-refractivity contribution in [1.29, 1.82) is 0 Å². The van der Waals surface area contributed by atoms with Gasteiger partial charge in [0, 0.05) is 27.7 Å². The van der Waals surface area contributed by atoms with Crippen LogP contribution in [0.25, 0.3) is 0 Å². The molecule has 4 amide bonds. The van der Waals surface area contributed by atoms with Gasteiger partial charge in [-0.3, -0.25) is 14.5 Å². The number of hydrogen-bond acceptors (Lipinski definition) is 5. The molecule has 1 aromatic rings. The predicted octanol–water partition coefficient (Wildman–Crippen LogP) is 1.94. The Bertz CT molecular complexity index is 1040. The van der Waals surface area contributed by atoms with Crippen molar-refractivity contribution in [3.8, 4) is 0 Å². The summed E-state index contributed by atoms with van der Waals surface area (Å²) in [6.07, 6.45) is 1.96. The first-order chi connectivity index (χ1) is 14.0. The number of hydrogen-bond donors (Lipinski definition) is 1. The van der Waals surface area contributed by atoms with E-state index in [2.05, 4.69) is 5.32 Å². The molecule has 0 unspecified atom stereocenters. The van der Waals surface area contributed by atoms with Gasteiger partial charge in [-0.15, -0.1) is 0 Å². The predicted molar refractivity (Wildman–Crippen MR) is 111 cm³/mol. The Hall–Kier alpha value is -1.84. The number of amides is 4. The summed E-state index contributed by atoms with van der Waals surface area (Å²) in [6.45, 7) is 1.08. The number of halogens is 2. The molecule has 2 aliphatic heterocycles. The Balaban J connectivity index is 1.55. The summed E-state index contributed by atoms with van der Waals surface area (Å²) in [5.74, 6) is -1.05. The monoisotopic (exact) mass is 473 g/mol. The number of nitrogens with zero attached hydrogens (tertiary/aromatic N) is 2. The highest BCUT2D eigenvalue weighted by Crippen LogP contribution is 2.36. The molecule has 8 nitrogen and oxygen atoms in total. The standard InChI is InChI=1S/C19H21Cl2N3O5S/c1-19(14-5-2-11(20)8-15(14)21)17(26)23(18(27)22-19)9-16(25)24(12-3-4-12)13-6-7-30(28,29)10-13/h2,5,8,12-13H,3-4,6-7,9-10H2,1H3,(H,22,27)/t13-,19-/m1/s1. The molecule has 30 heavy (non-hydrogen) atoms. The lowest BCUT2D eigenvalue weighted by Crippen LogP contribution is -2.49. The zero-order chi connectivity index (χ0) is 21.8. The summed E-state index contributed by atoms with van der Waals surface area (Å²) in [7, 11) is -3.17. The van der Waals surface area contributed by atoms with E-state index in [9.17, 15) is 22.8 Å². The molecule has 1 N–H and O–H groups in total. The average Bonchev–Trinajstić information content (AvgIpc) is 3.37. The van der Waals surface area contributed by atoms with Crippen LogP contribution in [0.4, 0.5) is 4.79 Å². The Morgan fingerprint density at radius 1 is 1.23 bits per heavy atom. The minimum atomic E-state index is -3.17. The largest absolute Gasteiger partial charge is 0.334 e. The highest BCUT2D eigenvalue weighted by Gasteiger charge is 2.51.